The molecule has 1 fully saturated rings. The van der Waals surface area contributed by atoms with Crippen molar-refractivity contribution in [1.82, 2.24) is 10.6 Å². The summed E-state index contributed by atoms with van der Waals surface area (Å²) in [6, 6.07) is 16.0. The van der Waals surface area contributed by atoms with E-state index in [9.17, 15) is 14.4 Å². The van der Waals surface area contributed by atoms with E-state index in [1.165, 1.54) is 11.1 Å². The molecular formula is C27H32N2O5. The van der Waals surface area contributed by atoms with Crippen LogP contribution in [0.4, 0.5) is 4.79 Å². The van der Waals surface area contributed by atoms with E-state index in [2.05, 4.69) is 41.8 Å². The molecule has 0 saturated heterocycles. The molecule has 3 N–H and O–H groups in total. The molecule has 0 radical (unpaired) electrons. The predicted octanol–water partition coefficient (Wildman–Crippen LogP) is 4.31. The number of nitrogens with one attached hydrogen (secondary N) is 2. The number of carboxylic acid groups (broad SMARTS) is 1. The first kappa shape index (κ1) is 23.8. The SMILES string of the molecule is CCCC[C@@H](CC(=O)NC[C@@H]1C[C@@H]1C(=O)O)NC(=O)OCC1c2ccccc2-c2ccccc21. The van der Waals surface area contributed by atoms with E-state index in [1.54, 1.807) is 0 Å². The van der Waals surface area contributed by atoms with Gasteiger partial charge in [0.1, 0.15) is 6.61 Å². The van der Waals surface area contributed by atoms with Crippen LogP contribution in [0.5, 0.6) is 0 Å². The summed E-state index contributed by atoms with van der Waals surface area (Å²) in [6.45, 7) is 2.65. The number of carbonyl (C=O) groups excluding carboxylic acids is 2. The maximum Gasteiger partial charge on any atom is 0.407 e. The number of alkyl carbamates (subject to hydrolysis) is 1. The number of amides is 2. The Bertz CT molecular complexity index is 1010. The second kappa shape index (κ2) is 10.7. The Morgan fingerprint density at radius 1 is 1.06 bits per heavy atom. The van der Waals surface area contributed by atoms with Crippen molar-refractivity contribution in [2.45, 2.75) is 51.0 Å². The van der Waals surface area contributed by atoms with Gasteiger partial charge in [-0.2, -0.15) is 0 Å². The van der Waals surface area contributed by atoms with E-state index in [-0.39, 0.29) is 42.7 Å². The van der Waals surface area contributed by atoms with Crippen molar-refractivity contribution in [2.24, 2.45) is 11.8 Å². The molecule has 0 bridgehead atoms. The maximum absolute atomic E-state index is 12.6. The molecule has 0 unspecified atom stereocenters. The molecule has 4 rings (SSSR count). The summed E-state index contributed by atoms with van der Waals surface area (Å²) in [7, 11) is 0. The van der Waals surface area contributed by atoms with Crippen LogP contribution in [0.15, 0.2) is 48.5 Å². The molecule has 7 heteroatoms. The first-order valence-electron chi connectivity index (χ1n) is 12.1. The molecule has 180 valence electrons. The Balaban J connectivity index is 1.30. The quantitative estimate of drug-likeness (QED) is 0.460. The average molecular weight is 465 g/mol. The van der Waals surface area contributed by atoms with Gasteiger partial charge in [-0.25, -0.2) is 4.79 Å². The smallest absolute Gasteiger partial charge is 0.407 e. The molecule has 2 aromatic rings. The molecule has 0 aromatic heterocycles. The van der Waals surface area contributed by atoms with Crippen LogP contribution in [0.25, 0.3) is 11.1 Å². The standard InChI is InChI=1S/C27H32N2O5/c1-2-3-8-18(14-25(30)28-15-17-13-23(17)26(31)32)29-27(33)34-16-24-21-11-6-4-9-19(21)20-10-5-7-12-22(20)24/h4-7,9-12,17-18,23-24H,2-3,8,13-16H2,1H3,(H,28,30)(H,29,33)(H,31,32)/t17-,18-,23-/m0/s1. The van der Waals surface area contributed by atoms with Crippen LogP contribution in [0, 0.1) is 11.8 Å². The fourth-order valence-corrected chi connectivity index (χ4v) is 4.80. The van der Waals surface area contributed by atoms with Gasteiger partial charge in [0, 0.05) is 24.9 Å². The zero-order valence-corrected chi connectivity index (χ0v) is 19.5. The van der Waals surface area contributed by atoms with Gasteiger partial charge in [0.25, 0.3) is 0 Å². The van der Waals surface area contributed by atoms with Gasteiger partial charge in [0.05, 0.1) is 5.92 Å². The highest BCUT2D eigenvalue weighted by Gasteiger charge is 2.43. The van der Waals surface area contributed by atoms with Crippen molar-refractivity contribution in [3.63, 3.8) is 0 Å². The van der Waals surface area contributed by atoms with E-state index in [4.69, 9.17) is 9.84 Å². The van der Waals surface area contributed by atoms with Crippen molar-refractivity contribution in [2.75, 3.05) is 13.2 Å². The van der Waals surface area contributed by atoms with E-state index in [0.717, 1.165) is 24.0 Å². The second-order valence-electron chi connectivity index (χ2n) is 9.26. The van der Waals surface area contributed by atoms with E-state index in [0.29, 0.717) is 19.4 Å². The van der Waals surface area contributed by atoms with Crippen LogP contribution >= 0.6 is 0 Å². The van der Waals surface area contributed by atoms with E-state index in [1.807, 2.05) is 24.3 Å². The highest BCUT2D eigenvalue weighted by molar-refractivity contribution is 5.80. The van der Waals surface area contributed by atoms with Crippen molar-refractivity contribution in [3.8, 4) is 11.1 Å². The van der Waals surface area contributed by atoms with Gasteiger partial charge in [-0.1, -0.05) is 68.3 Å². The summed E-state index contributed by atoms with van der Waals surface area (Å²) in [4.78, 5) is 36.0. The van der Waals surface area contributed by atoms with Crippen molar-refractivity contribution >= 4 is 18.0 Å². The number of aliphatic carboxylic acids is 1. The number of ether oxygens (including phenoxy) is 1. The number of carboxylic acids is 1. The monoisotopic (exact) mass is 464 g/mol. The molecule has 0 aliphatic heterocycles. The Hall–Kier alpha value is -3.35. The number of fused-ring (bicyclic) bond motifs is 3. The third kappa shape index (κ3) is 5.58. The summed E-state index contributed by atoms with van der Waals surface area (Å²) in [5, 5.41) is 14.7. The summed E-state index contributed by atoms with van der Waals surface area (Å²) < 4.78 is 5.63. The lowest BCUT2D eigenvalue weighted by Gasteiger charge is -2.20. The molecule has 0 spiro atoms. The van der Waals surface area contributed by atoms with Gasteiger partial charge in [-0.05, 0) is 41.0 Å². The minimum absolute atomic E-state index is 0.00522. The Morgan fingerprint density at radius 3 is 2.29 bits per heavy atom. The number of hydrogen-bond acceptors (Lipinski definition) is 4. The van der Waals surface area contributed by atoms with Gasteiger partial charge in [-0.3, -0.25) is 9.59 Å². The highest BCUT2D eigenvalue weighted by Crippen LogP contribution is 2.44. The van der Waals surface area contributed by atoms with Crippen LogP contribution < -0.4 is 10.6 Å². The van der Waals surface area contributed by atoms with Gasteiger partial charge < -0.3 is 20.5 Å². The first-order valence-corrected chi connectivity index (χ1v) is 12.1. The van der Waals surface area contributed by atoms with Gasteiger partial charge >= 0.3 is 12.1 Å². The molecule has 2 amide bonds. The molecule has 0 heterocycles. The van der Waals surface area contributed by atoms with E-state index >= 15 is 0 Å². The normalized spacial score (nSPS) is 19.0. The zero-order valence-electron chi connectivity index (χ0n) is 19.5. The van der Waals surface area contributed by atoms with Crippen LogP contribution in [-0.2, 0) is 14.3 Å². The lowest BCUT2D eigenvalue weighted by atomic mass is 9.98. The highest BCUT2D eigenvalue weighted by atomic mass is 16.5. The number of hydrogen-bond donors (Lipinski definition) is 3. The topological polar surface area (TPSA) is 105 Å². The van der Waals surface area contributed by atoms with Crippen LogP contribution in [-0.4, -0.2) is 42.3 Å². The van der Waals surface area contributed by atoms with Gasteiger partial charge in [-0.15, -0.1) is 0 Å². The van der Waals surface area contributed by atoms with Crippen molar-refractivity contribution in [3.05, 3.63) is 59.7 Å². The van der Waals surface area contributed by atoms with Gasteiger partial charge in [0.2, 0.25) is 5.91 Å². The minimum atomic E-state index is -0.808. The lowest BCUT2D eigenvalue weighted by molar-refractivity contribution is -0.139. The Morgan fingerprint density at radius 2 is 1.71 bits per heavy atom. The summed E-state index contributed by atoms with van der Waals surface area (Å²) in [6.07, 6.45) is 2.73. The summed E-state index contributed by atoms with van der Waals surface area (Å²) >= 11 is 0. The Kier molecular flexibility index (Phi) is 7.50. The van der Waals surface area contributed by atoms with Crippen molar-refractivity contribution < 1.29 is 24.2 Å². The summed E-state index contributed by atoms with van der Waals surface area (Å²) in [5.74, 6) is -1.36. The van der Waals surface area contributed by atoms with E-state index < -0.39 is 12.1 Å². The minimum Gasteiger partial charge on any atom is -0.481 e. The fraction of sp³-hybridized carbons (Fsp3) is 0.444. The number of unbranched alkanes of at least 4 members (excludes halogenated alkanes) is 1. The first-order chi connectivity index (χ1) is 16.5. The predicted molar refractivity (Wildman–Crippen MR) is 128 cm³/mol. The molecule has 2 aliphatic carbocycles. The largest absolute Gasteiger partial charge is 0.481 e. The number of rotatable bonds is 11. The molecule has 2 aromatic carbocycles. The number of benzene rings is 2. The summed E-state index contributed by atoms with van der Waals surface area (Å²) in [5.41, 5.74) is 4.65. The molecule has 3 atom stereocenters. The molecule has 7 nitrogen and oxygen atoms in total. The fourth-order valence-electron chi connectivity index (χ4n) is 4.80. The van der Waals surface area contributed by atoms with Crippen LogP contribution in [0.1, 0.15) is 56.1 Å². The van der Waals surface area contributed by atoms with Crippen LogP contribution in [0.2, 0.25) is 0 Å². The molecular weight excluding hydrogens is 432 g/mol. The zero-order chi connectivity index (χ0) is 24.1. The van der Waals surface area contributed by atoms with Gasteiger partial charge in [0.15, 0.2) is 0 Å². The third-order valence-corrected chi connectivity index (χ3v) is 6.80. The maximum atomic E-state index is 12.6. The lowest BCUT2D eigenvalue weighted by Crippen LogP contribution is -2.40. The molecule has 2 aliphatic rings. The van der Waals surface area contributed by atoms with Crippen LogP contribution in [0.3, 0.4) is 0 Å². The molecule has 34 heavy (non-hydrogen) atoms. The number of carbonyl (C=O) groups is 3. The molecule has 1 saturated carbocycles. The second-order valence-corrected chi connectivity index (χ2v) is 9.26. The Labute approximate surface area is 199 Å². The van der Waals surface area contributed by atoms with Crippen molar-refractivity contribution in [1.29, 1.82) is 0 Å². The third-order valence-electron chi connectivity index (χ3n) is 6.80. The average Bonchev–Trinajstić information content (AvgIpc) is 3.55.